The van der Waals surface area contributed by atoms with Gasteiger partial charge in [0.15, 0.2) is 0 Å². The first-order valence-electron chi connectivity index (χ1n) is 12.3. The molecular formula is C26H44N2O6. The zero-order valence-electron chi connectivity index (χ0n) is 21.3. The molecule has 2 atom stereocenters. The summed E-state index contributed by atoms with van der Waals surface area (Å²) in [5, 5.41) is 11.6. The minimum atomic E-state index is -0.614. The van der Waals surface area contributed by atoms with Crippen molar-refractivity contribution < 1.29 is 28.9 Å². The number of nitrogens with two attached hydrogens (primary N) is 1. The van der Waals surface area contributed by atoms with Crippen LogP contribution in [0.3, 0.4) is 0 Å². The first-order chi connectivity index (χ1) is 16.1. The molecule has 194 valence electrons. The van der Waals surface area contributed by atoms with Gasteiger partial charge in [-0.25, -0.2) is 4.79 Å². The molecule has 8 nitrogen and oxygen atoms in total. The topological polar surface area (TPSA) is 120 Å². The van der Waals surface area contributed by atoms with Gasteiger partial charge in [0, 0.05) is 26.2 Å². The van der Waals surface area contributed by atoms with E-state index in [1.54, 1.807) is 20.8 Å². The highest BCUT2D eigenvalue weighted by Crippen LogP contribution is 2.14. The van der Waals surface area contributed by atoms with Gasteiger partial charge in [0.05, 0.1) is 18.8 Å². The van der Waals surface area contributed by atoms with E-state index in [9.17, 15) is 9.59 Å². The maximum Gasteiger partial charge on any atom is 0.407 e. The van der Waals surface area contributed by atoms with Gasteiger partial charge in [0.2, 0.25) is 5.91 Å². The molecule has 2 amide bonds. The number of alkyl carbamates (subject to hydrolysis) is 1. The molecule has 8 heteroatoms. The van der Waals surface area contributed by atoms with Crippen LogP contribution < -0.4 is 11.1 Å². The molecule has 0 aromatic heterocycles. The molecule has 0 spiro atoms. The molecule has 0 aliphatic carbocycles. The minimum Gasteiger partial charge on any atom is -0.444 e. The fourth-order valence-electron chi connectivity index (χ4n) is 3.30. The number of aryl methyl sites for hydroxylation is 1. The molecule has 4 N–H and O–H groups in total. The van der Waals surface area contributed by atoms with Crippen LogP contribution in [0.25, 0.3) is 0 Å². The Morgan fingerprint density at radius 2 is 1.68 bits per heavy atom. The van der Waals surface area contributed by atoms with Gasteiger partial charge in [0.25, 0.3) is 0 Å². The van der Waals surface area contributed by atoms with Crippen LogP contribution in [-0.2, 0) is 32.0 Å². The highest BCUT2D eigenvalue weighted by atomic mass is 16.6. The number of ether oxygens (including phenoxy) is 3. The Hall–Kier alpha value is -2.16. The van der Waals surface area contributed by atoms with E-state index in [4.69, 9.17) is 25.1 Å². The lowest BCUT2D eigenvalue weighted by Crippen LogP contribution is -2.45. The molecular weight excluding hydrogens is 436 g/mol. The Morgan fingerprint density at radius 1 is 1.03 bits per heavy atom. The fraction of sp³-hybridized carbons (Fsp3) is 0.692. The molecule has 0 fully saturated rings. The lowest BCUT2D eigenvalue weighted by atomic mass is 10.1. The summed E-state index contributed by atoms with van der Waals surface area (Å²) in [6, 6.07) is 7.86. The van der Waals surface area contributed by atoms with E-state index < -0.39 is 23.6 Å². The lowest BCUT2D eigenvalue weighted by molar-refractivity contribution is -0.118. The summed E-state index contributed by atoms with van der Waals surface area (Å²) in [7, 11) is 0. The van der Waals surface area contributed by atoms with Crippen molar-refractivity contribution in [2.24, 2.45) is 5.73 Å². The Balaban J connectivity index is 2.43. The average Bonchev–Trinajstić information content (AvgIpc) is 2.76. The van der Waals surface area contributed by atoms with Gasteiger partial charge < -0.3 is 30.4 Å². The second kappa shape index (κ2) is 16.5. The van der Waals surface area contributed by atoms with Crippen molar-refractivity contribution in [1.82, 2.24) is 5.32 Å². The van der Waals surface area contributed by atoms with Crippen molar-refractivity contribution in [3.05, 3.63) is 35.4 Å². The maximum absolute atomic E-state index is 12.2. The number of benzene rings is 1. The molecule has 0 saturated carbocycles. The molecule has 0 aliphatic heterocycles. The van der Waals surface area contributed by atoms with E-state index in [0.717, 1.165) is 50.9 Å². The third kappa shape index (κ3) is 14.9. The Kier molecular flexibility index (Phi) is 14.5. The molecule has 1 rings (SSSR count). The van der Waals surface area contributed by atoms with E-state index in [1.165, 1.54) is 5.56 Å². The predicted molar refractivity (Wildman–Crippen MR) is 132 cm³/mol. The Labute approximate surface area is 204 Å². The van der Waals surface area contributed by atoms with Crippen LogP contribution in [-0.4, -0.2) is 54.7 Å². The van der Waals surface area contributed by atoms with E-state index in [0.29, 0.717) is 13.0 Å². The molecule has 0 unspecified atom stereocenters. The summed E-state index contributed by atoms with van der Waals surface area (Å²) in [4.78, 5) is 23.4. The number of carbonyl (C=O) groups excluding carboxylic acids is 2. The molecule has 1 aromatic rings. The van der Waals surface area contributed by atoms with Gasteiger partial charge in [-0.15, -0.1) is 0 Å². The SMILES string of the molecule is C[C@@H](OCc1ccc(CCCOCCCCCO)cc1)[C@H](CCC(N)=O)NC(=O)OC(C)(C)C. The van der Waals surface area contributed by atoms with Crippen molar-refractivity contribution in [3.63, 3.8) is 0 Å². The predicted octanol–water partition coefficient (Wildman–Crippen LogP) is 3.86. The number of nitrogens with one attached hydrogen (secondary N) is 1. The second-order valence-electron chi connectivity index (χ2n) is 9.59. The largest absolute Gasteiger partial charge is 0.444 e. The van der Waals surface area contributed by atoms with Crippen molar-refractivity contribution in [2.75, 3.05) is 19.8 Å². The monoisotopic (exact) mass is 480 g/mol. The number of hydrogen-bond donors (Lipinski definition) is 3. The number of aliphatic hydroxyl groups excluding tert-OH is 1. The highest BCUT2D eigenvalue weighted by molar-refractivity contribution is 5.74. The van der Waals surface area contributed by atoms with Gasteiger partial charge in [-0.2, -0.15) is 0 Å². The number of amides is 2. The molecule has 0 saturated heterocycles. The number of aliphatic hydroxyl groups is 1. The summed E-state index contributed by atoms with van der Waals surface area (Å²) in [6.07, 6.45) is 4.39. The van der Waals surface area contributed by atoms with Crippen LogP contribution in [0.5, 0.6) is 0 Å². The summed E-state index contributed by atoms with van der Waals surface area (Å²) >= 11 is 0. The fourth-order valence-corrected chi connectivity index (χ4v) is 3.30. The third-order valence-electron chi connectivity index (χ3n) is 5.21. The van der Waals surface area contributed by atoms with Crippen molar-refractivity contribution in [2.45, 2.75) is 97.0 Å². The van der Waals surface area contributed by atoms with Gasteiger partial charge in [-0.3, -0.25) is 4.79 Å². The lowest BCUT2D eigenvalue weighted by Gasteiger charge is -2.27. The molecule has 34 heavy (non-hydrogen) atoms. The van der Waals surface area contributed by atoms with Crippen molar-refractivity contribution in [1.29, 1.82) is 0 Å². The Bertz CT molecular complexity index is 702. The molecule has 0 aliphatic rings. The van der Waals surface area contributed by atoms with E-state index in [1.807, 2.05) is 19.1 Å². The van der Waals surface area contributed by atoms with Gasteiger partial charge in [0.1, 0.15) is 5.60 Å². The van der Waals surface area contributed by atoms with E-state index in [2.05, 4.69) is 17.4 Å². The standard InChI is InChI=1S/C26H44N2O6/c1-20(23(14-15-24(27)30)28-25(31)34-26(2,3)4)33-19-22-12-10-21(11-13-22)9-8-18-32-17-7-5-6-16-29/h10-13,20,23,29H,5-9,14-19H2,1-4H3,(H2,27,30)(H,28,31)/t20-,23+/m1/s1. The van der Waals surface area contributed by atoms with Crippen LogP contribution in [0.1, 0.15) is 77.3 Å². The quantitative estimate of drug-likeness (QED) is 0.291. The van der Waals surface area contributed by atoms with Crippen LogP contribution >= 0.6 is 0 Å². The minimum absolute atomic E-state index is 0.148. The number of rotatable bonds is 17. The Morgan fingerprint density at radius 3 is 2.29 bits per heavy atom. The number of primary amides is 1. The zero-order chi connectivity index (χ0) is 25.4. The summed E-state index contributed by atoms with van der Waals surface area (Å²) in [5.74, 6) is -0.425. The normalized spacial score (nSPS) is 13.3. The third-order valence-corrected chi connectivity index (χ3v) is 5.21. The smallest absolute Gasteiger partial charge is 0.407 e. The van der Waals surface area contributed by atoms with Crippen molar-refractivity contribution >= 4 is 12.0 Å². The van der Waals surface area contributed by atoms with Gasteiger partial charge in [-0.05, 0) is 77.3 Å². The van der Waals surface area contributed by atoms with Crippen LogP contribution in [0.4, 0.5) is 4.79 Å². The van der Waals surface area contributed by atoms with E-state index >= 15 is 0 Å². The first-order valence-corrected chi connectivity index (χ1v) is 12.3. The second-order valence-corrected chi connectivity index (χ2v) is 9.59. The van der Waals surface area contributed by atoms with Crippen LogP contribution in [0, 0.1) is 0 Å². The van der Waals surface area contributed by atoms with Crippen LogP contribution in [0.2, 0.25) is 0 Å². The van der Waals surface area contributed by atoms with Crippen molar-refractivity contribution in [3.8, 4) is 0 Å². The summed E-state index contributed by atoms with van der Waals surface area (Å²) in [5.41, 5.74) is 6.95. The summed E-state index contributed by atoms with van der Waals surface area (Å²) in [6.45, 7) is 9.37. The average molecular weight is 481 g/mol. The number of hydrogen-bond acceptors (Lipinski definition) is 6. The summed E-state index contributed by atoms with van der Waals surface area (Å²) < 4.78 is 17.0. The van der Waals surface area contributed by atoms with Gasteiger partial charge >= 0.3 is 6.09 Å². The van der Waals surface area contributed by atoms with E-state index in [-0.39, 0.29) is 19.1 Å². The first kappa shape index (κ1) is 29.9. The molecule has 0 radical (unpaired) electrons. The molecule has 0 heterocycles. The molecule has 1 aromatic carbocycles. The van der Waals surface area contributed by atoms with Crippen LogP contribution in [0.15, 0.2) is 24.3 Å². The zero-order valence-corrected chi connectivity index (χ0v) is 21.3. The van der Waals surface area contributed by atoms with Gasteiger partial charge in [-0.1, -0.05) is 24.3 Å². The molecule has 0 bridgehead atoms. The number of unbranched alkanes of at least 4 members (excludes halogenated alkanes) is 2. The highest BCUT2D eigenvalue weighted by Gasteiger charge is 2.24. The maximum atomic E-state index is 12.2. The number of carbonyl (C=O) groups is 2.